The number of furan rings is 1. The molecule has 4 nitrogen and oxygen atoms in total. The molecule has 0 aliphatic heterocycles. The molecule has 0 fully saturated rings. The molecule has 0 radical (unpaired) electrons. The zero-order valence-electron chi connectivity index (χ0n) is 14.9. The summed E-state index contributed by atoms with van der Waals surface area (Å²) < 4.78 is 6.09. The van der Waals surface area contributed by atoms with E-state index in [1.807, 2.05) is 48.5 Å². The highest BCUT2D eigenvalue weighted by Gasteiger charge is 2.15. The van der Waals surface area contributed by atoms with Gasteiger partial charge in [-0.25, -0.2) is 9.97 Å². The van der Waals surface area contributed by atoms with Crippen molar-refractivity contribution in [3.8, 4) is 11.4 Å². The van der Waals surface area contributed by atoms with E-state index in [1.54, 1.807) is 0 Å². The van der Waals surface area contributed by atoms with Crippen LogP contribution in [-0.4, -0.2) is 15.0 Å². The zero-order valence-corrected chi connectivity index (χ0v) is 15.6. The summed E-state index contributed by atoms with van der Waals surface area (Å²) >= 11 is 6.16. The highest BCUT2D eigenvalue weighted by Crippen LogP contribution is 2.29. The summed E-state index contributed by atoms with van der Waals surface area (Å²) in [5, 5.41) is 1.27. The molecule has 5 heteroatoms. The van der Waals surface area contributed by atoms with Gasteiger partial charge in [-0.2, -0.15) is 4.98 Å². The van der Waals surface area contributed by atoms with Crippen molar-refractivity contribution >= 4 is 28.6 Å². The van der Waals surface area contributed by atoms with Gasteiger partial charge in [0.25, 0.3) is 0 Å². The van der Waals surface area contributed by atoms with Crippen molar-refractivity contribution < 1.29 is 4.42 Å². The monoisotopic (exact) mass is 375 g/mol. The van der Waals surface area contributed by atoms with Crippen molar-refractivity contribution in [1.29, 1.82) is 0 Å². The Morgan fingerprint density at radius 1 is 0.963 bits per heavy atom. The summed E-state index contributed by atoms with van der Waals surface area (Å²) in [5.74, 6) is 1.97. The van der Waals surface area contributed by atoms with Gasteiger partial charge in [0.2, 0.25) is 5.28 Å². The van der Waals surface area contributed by atoms with E-state index in [9.17, 15) is 0 Å². The van der Waals surface area contributed by atoms with Crippen molar-refractivity contribution in [2.75, 3.05) is 0 Å². The van der Waals surface area contributed by atoms with Crippen molar-refractivity contribution in [3.05, 3.63) is 83.1 Å². The predicted octanol–water partition coefficient (Wildman–Crippen LogP) is 5.95. The van der Waals surface area contributed by atoms with E-state index >= 15 is 0 Å². The fraction of sp³-hybridized carbons (Fsp3) is 0.136. The van der Waals surface area contributed by atoms with Crippen LogP contribution in [0.15, 0.2) is 65.1 Å². The Bertz CT molecular complexity index is 1100. The third kappa shape index (κ3) is 3.76. The average Bonchev–Trinajstić information content (AvgIpc) is 3.03. The molecular weight excluding hydrogens is 358 g/mol. The van der Waals surface area contributed by atoms with Crippen LogP contribution in [0.5, 0.6) is 0 Å². The Morgan fingerprint density at radius 2 is 1.74 bits per heavy atom. The number of benzene rings is 2. The average molecular weight is 376 g/mol. The maximum atomic E-state index is 6.16. The molecule has 27 heavy (non-hydrogen) atoms. The molecule has 0 saturated heterocycles. The summed E-state index contributed by atoms with van der Waals surface area (Å²) in [6.45, 7) is 2.11. The first-order chi connectivity index (χ1) is 13.2. The summed E-state index contributed by atoms with van der Waals surface area (Å²) in [6.07, 6.45) is 5.62. The summed E-state index contributed by atoms with van der Waals surface area (Å²) in [4.78, 5) is 13.2. The number of nitrogens with zero attached hydrogens (tertiary/aromatic N) is 3. The molecule has 0 aliphatic carbocycles. The molecule has 0 saturated carbocycles. The molecule has 0 N–H and O–H groups in total. The Kier molecular flexibility index (Phi) is 4.99. The van der Waals surface area contributed by atoms with E-state index in [0.717, 1.165) is 34.3 Å². The third-order valence-corrected chi connectivity index (χ3v) is 4.41. The first-order valence-corrected chi connectivity index (χ1v) is 9.25. The molecule has 0 aliphatic rings. The largest absolute Gasteiger partial charge is 0.460 e. The minimum Gasteiger partial charge on any atom is -0.460 e. The molecule has 0 amide bonds. The van der Waals surface area contributed by atoms with Gasteiger partial charge in [0, 0.05) is 16.5 Å². The molecule has 134 valence electrons. The highest BCUT2D eigenvalue weighted by atomic mass is 35.5. The van der Waals surface area contributed by atoms with Gasteiger partial charge in [0.1, 0.15) is 17.2 Å². The number of hydrogen-bond acceptors (Lipinski definition) is 4. The first kappa shape index (κ1) is 17.4. The minimum atomic E-state index is 0.181. The number of halogens is 1. The van der Waals surface area contributed by atoms with Crippen LogP contribution < -0.4 is 0 Å². The van der Waals surface area contributed by atoms with E-state index in [2.05, 4.69) is 40.1 Å². The number of aromatic nitrogens is 3. The lowest BCUT2D eigenvalue weighted by atomic mass is 10.1. The van der Waals surface area contributed by atoms with Crippen molar-refractivity contribution in [3.63, 3.8) is 0 Å². The van der Waals surface area contributed by atoms with Crippen LogP contribution in [0.25, 0.3) is 28.4 Å². The number of hydrogen-bond donors (Lipinski definition) is 0. The zero-order chi connectivity index (χ0) is 18.6. The lowest BCUT2D eigenvalue weighted by molar-refractivity contribution is 0.556. The second-order valence-corrected chi connectivity index (χ2v) is 6.47. The lowest BCUT2D eigenvalue weighted by Crippen LogP contribution is -2.02. The van der Waals surface area contributed by atoms with Crippen LogP contribution in [0.4, 0.5) is 0 Å². The van der Waals surface area contributed by atoms with Gasteiger partial charge in [-0.3, -0.25) is 0 Å². The number of para-hydroxylation sites is 1. The van der Waals surface area contributed by atoms with Crippen LogP contribution in [0.3, 0.4) is 0 Å². The molecule has 0 atom stereocenters. The Balaban J connectivity index is 1.76. The fourth-order valence-electron chi connectivity index (χ4n) is 3.00. The van der Waals surface area contributed by atoms with E-state index in [-0.39, 0.29) is 5.28 Å². The Morgan fingerprint density at radius 3 is 2.56 bits per heavy atom. The molecule has 0 bridgehead atoms. The predicted molar refractivity (Wildman–Crippen MR) is 109 cm³/mol. The Labute approximate surface area is 162 Å². The van der Waals surface area contributed by atoms with Gasteiger partial charge in [0.15, 0.2) is 5.82 Å². The number of rotatable bonds is 5. The van der Waals surface area contributed by atoms with Crippen LogP contribution in [0, 0.1) is 0 Å². The van der Waals surface area contributed by atoms with Gasteiger partial charge in [0.05, 0.1) is 6.42 Å². The van der Waals surface area contributed by atoms with E-state index in [4.69, 9.17) is 16.0 Å². The molecular formula is C22H18ClN3O. The van der Waals surface area contributed by atoms with Crippen LogP contribution >= 0.6 is 11.6 Å². The molecule has 0 spiro atoms. The van der Waals surface area contributed by atoms with Gasteiger partial charge >= 0.3 is 0 Å². The summed E-state index contributed by atoms with van der Waals surface area (Å²) in [7, 11) is 0. The van der Waals surface area contributed by atoms with Gasteiger partial charge in [-0.15, -0.1) is 0 Å². The van der Waals surface area contributed by atoms with Gasteiger partial charge in [-0.1, -0.05) is 67.6 Å². The maximum absolute atomic E-state index is 6.16. The fourth-order valence-corrected chi connectivity index (χ4v) is 3.17. The van der Waals surface area contributed by atoms with Crippen molar-refractivity contribution in [1.82, 2.24) is 15.0 Å². The maximum Gasteiger partial charge on any atom is 0.226 e. The standard InChI is InChI=1S/C22H18ClN3O/c1-2-3-11-17-16-12-7-8-13-18(16)27-19(17)14-20-24-21(26-22(23)25-20)15-9-5-4-6-10-15/h3-13H,2,14H2,1H3/b11-3-. The SMILES string of the molecule is CC/C=C\c1c(Cc2nc(Cl)nc(-c3ccccc3)n2)oc2ccccc12. The highest BCUT2D eigenvalue weighted by molar-refractivity contribution is 6.28. The van der Waals surface area contributed by atoms with E-state index in [1.165, 1.54) is 0 Å². The molecule has 0 unspecified atom stereocenters. The molecule has 2 aromatic heterocycles. The summed E-state index contributed by atoms with van der Waals surface area (Å²) in [6, 6.07) is 17.8. The number of fused-ring (bicyclic) bond motifs is 1. The minimum absolute atomic E-state index is 0.181. The van der Waals surface area contributed by atoms with E-state index in [0.29, 0.717) is 18.1 Å². The second kappa shape index (κ2) is 7.72. The molecule has 2 heterocycles. The normalized spacial score (nSPS) is 11.5. The van der Waals surface area contributed by atoms with Gasteiger partial charge < -0.3 is 4.42 Å². The molecule has 4 aromatic rings. The quantitative estimate of drug-likeness (QED) is 0.432. The van der Waals surface area contributed by atoms with Crippen molar-refractivity contribution in [2.45, 2.75) is 19.8 Å². The first-order valence-electron chi connectivity index (χ1n) is 8.87. The van der Waals surface area contributed by atoms with Crippen molar-refractivity contribution in [2.24, 2.45) is 0 Å². The third-order valence-electron chi connectivity index (χ3n) is 4.24. The van der Waals surface area contributed by atoms with Crippen LogP contribution in [0.2, 0.25) is 5.28 Å². The second-order valence-electron chi connectivity index (χ2n) is 6.13. The Hall–Kier alpha value is -2.98. The summed E-state index contributed by atoms with van der Waals surface area (Å²) in [5.41, 5.74) is 2.82. The van der Waals surface area contributed by atoms with Crippen LogP contribution in [0.1, 0.15) is 30.5 Å². The van der Waals surface area contributed by atoms with Crippen LogP contribution in [-0.2, 0) is 6.42 Å². The van der Waals surface area contributed by atoms with Gasteiger partial charge in [-0.05, 0) is 24.1 Å². The molecule has 4 rings (SSSR count). The topological polar surface area (TPSA) is 51.8 Å². The molecule has 2 aromatic carbocycles. The number of allylic oxidation sites excluding steroid dienone is 1. The lowest BCUT2D eigenvalue weighted by Gasteiger charge is -2.04. The van der Waals surface area contributed by atoms with E-state index < -0.39 is 0 Å². The smallest absolute Gasteiger partial charge is 0.226 e.